The molecule has 1 N–H and O–H groups in total. The van der Waals surface area contributed by atoms with Crippen LogP contribution in [0.1, 0.15) is 30.1 Å². The van der Waals surface area contributed by atoms with Crippen molar-refractivity contribution in [3.05, 3.63) is 16.7 Å². The summed E-state index contributed by atoms with van der Waals surface area (Å²) in [5.74, 6) is 0.488. The summed E-state index contributed by atoms with van der Waals surface area (Å²) in [6.45, 7) is 1.87. The molecular formula is C17H21ClO6. The Labute approximate surface area is 145 Å². The number of hydrogen-bond acceptors (Lipinski definition) is 6. The second-order valence-corrected chi connectivity index (χ2v) is 6.65. The van der Waals surface area contributed by atoms with Crippen molar-refractivity contribution in [3.8, 4) is 17.2 Å². The predicted molar refractivity (Wildman–Crippen MR) is 87.4 cm³/mol. The molecule has 24 heavy (non-hydrogen) atoms. The number of ether oxygens (including phenoxy) is 4. The van der Waals surface area contributed by atoms with Crippen LogP contribution in [0.2, 0.25) is 5.02 Å². The highest BCUT2D eigenvalue weighted by atomic mass is 35.5. The topological polar surface area (TPSA) is 74.2 Å². The number of aliphatic hydroxyl groups excluding tert-OH is 1. The van der Waals surface area contributed by atoms with E-state index in [1.54, 1.807) is 6.07 Å². The lowest BCUT2D eigenvalue weighted by Gasteiger charge is -2.44. The highest BCUT2D eigenvalue weighted by Gasteiger charge is 2.61. The molecule has 6 nitrogen and oxygen atoms in total. The molecule has 1 fully saturated rings. The zero-order valence-corrected chi connectivity index (χ0v) is 14.8. The molecule has 0 bridgehead atoms. The minimum absolute atomic E-state index is 0.228. The molecule has 1 saturated carbocycles. The predicted octanol–water partition coefficient (Wildman–Crippen LogP) is 2.48. The van der Waals surface area contributed by atoms with Gasteiger partial charge in [-0.25, -0.2) is 0 Å². The van der Waals surface area contributed by atoms with Gasteiger partial charge in [0.25, 0.3) is 0 Å². The number of aliphatic hydroxyl groups is 1. The van der Waals surface area contributed by atoms with Gasteiger partial charge >= 0.3 is 0 Å². The van der Waals surface area contributed by atoms with Crippen LogP contribution in [0, 0.1) is 5.92 Å². The molecule has 0 amide bonds. The third kappa shape index (κ3) is 2.20. The number of carbonyl (C=O) groups excluding carboxylic acids is 1. The minimum atomic E-state index is -1.22. The van der Waals surface area contributed by atoms with Crippen LogP contribution in [-0.4, -0.2) is 50.0 Å². The fourth-order valence-corrected chi connectivity index (χ4v) is 4.11. The molecule has 2 aliphatic rings. The maximum Gasteiger partial charge on any atom is 0.216 e. The summed E-state index contributed by atoms with van der Waals surface area (Å²) in [5.41, 5.74) is -0.923. The van der Waals surface area contributed by atoms with Gasteiger partial charge in [0.05, 0.1) is 20.3 Å². The molecule has 0 saturated heterocycles. The standard InChI is InChI=1S/C17H21ClO6/c1-8-5-9(19)6-12(23-4)17(8)16(20)13-10(21-2)7-11(22-3)14(18)15(13)24-17/h7-9,12,19H,5-6H2,1-4H3. The van der Waals surface area contributed by atoms with E-state index in [0.29, 0.717) is 29.9 Å². The molecule has 1 aliphatic carbocycles. The van der Waals surface area contributed by atoms with E-state index in [2.05, 4.69) is 0 Å². The Morgan fingerprint density at radius 3 is 2.50 bits per heavy atom. The molecule has 0 radical (unpaired) electrons. The molecule has 1 aliphatic heterocycles. The van der Waals surface area contributed by atoms with Gasteiger partial charge in [-0.15, -0.1) is 0 Å². The van der Waals surface area contributed by atoms with E-state index in [-0.39, 0.29) is 22.5 Å². The van der Waals surface area contributed by atoms with Crippen molar-refractivity contribution < 1.29 is 28.8 Å². The minimum Gasteiger partial charge on any atom is -0.496 e. The Hall–Kier alpha value is -1.50. The van der Waals surface area contributed by atoms with E-state index in [9.17, 15) is 9.90 Å². The van der Waals surface area contributed by atoms with Crippen molar-refractivity contribution >= 4 is 17.4 Å². The van der Waals surface area contributed by atoms with Crippen LogP contribution in [0.4, 0.5) is 0 Å². The Bertz CT molecular complexity index is 676. The Morgan fingerprint density at radius 2 is 1.92 bits per heavy atom. The van der Waals surface area contributed by atoms with E-state index in [1.165, 1.54) is 21.3 Å². The van der Waals surface area contributed by atoms with Gasteiger partial charge < -0.3 is 24.1 Å². The Kier molecular flexibility index (Phi) is 4.40. The number of carbonyl (C=O) groups is 1. The molecule has 1 aromatic carbocycles. The number of benzene rings is 1. The van der Waals surface area contributed by atoms with Crippen molar-refractivity contribution in [2.24, 2.45) is 5.92 Å². The second kappa shape index (κ2) is 6.10. The fourth-order valence-electron chi connectivity index (χ4n) is 3.85. The van der Waals surface area contributed by atoms with E-state index in [0.717, 1.165) is 0 Å². The normalized spacial score (nSPS) is 31.8. The summed E-state index contributed by atoms with van der Waals surface area (Å²) >= 11 is 6.37. The summed E-state index contributed by atoms with van der Waals surface area (Å²) in [7, 11) is 4.47. The molecule has 1 spiro atoms. The van der Waals surface area contributed by atoms with Crippen LogP contribution < -0.4 is 14.2 Å². The number of fused-ring (bicyclic) bond motifs is 1. The van der Waals surface area contributed by atoms with Crippen LogP contribution in [0.25, 0.3) is 0 Å². The Morgan fingerprint density at radius 1 is 1.25 bits per heavy atom. The zero-order valence-electron chi connectivity index (χ0n) is 14.1. The number of methoxy groups -OCH3 is 3. The van der Waals surface area contributed by atoms with Crippen LogP contribution in [0.5, 0.6) is 17.2 Å². The third-order valence-corrected chi connectivity index (χ3v) is 5.41. The number of hydrogen-bond donors (Lipinski definition) is 1. The average molecular weight is 357 g/mol. The van der Waals surface area contributed by atoms with Crippen molar-refractivity contribution in [1.29, 1.82) is 0 Å². The lowest BCUT2D eigenvalue weighted by molar-refractivity contribution is -0.122. The smallest absolute Gasteiger partial charge is 0.216 e. The maximum atomic E-state index is 13.3. The summed E-state index contributed by atoms with van der Waals surface area (Å²) < 4.78 is 22.3. The monoisotopic (exact) mass is 356 g/mol. The molecule has 4 unspecified atom stereocenters. The average Bonchev–Trinajstić information content (AvgIpc) is 2.87. The molecule has 1 aromatic rings. The molecule has 7 heteroatoms. The fraction of sp³-hybridized carbons (Fsp3) is 0.588. The third-order valence-electron chi connectivity index (χ3n) is 5.05. The van der Waals surface area contributed by atoms with Gasteiger partial charge in [-0.1, -0.05) is 18.5 Å². The van der Waals surface area contributed by atoms with Gasteiger partial charge in [0.1, 0.15) is 28.2 Å². The van der Waals surface area contributed by atoms with Gasteiger partial charge in [-0.05, 0) is 6.42 Å². The van der Waals surface area contributed by atoms with Crippen LogP contribution in [0.15, 0.2) is 6.07 Å². The highest BCUT2D eigenvalue weighted by Crippen LogP contribution is 2.54. The molecule has 0 aromatic heterocycles. The van der Waals surface area contributed by atoms with Crippen molar-refractivity contribution in [2.45, 2.75) is 37.6 Å². The zero-order chi connectivity index (χ0) is 17.6. The number of Topliss-reactive ketones (excluding diaryl/α,β-unsaturated/α-hetero) is 1. The van der Waals surface area contributed by atoms with Gasteiger partial charge in [0, 0.05) is 25.5 Å². The van der Waals surface area contributed by atoms with E-state index in [1.807, 2.05) is 6.92 Å². The van der Waals surface area contributed by atoms with Crippen molar-refractivity contribution in [1.82, 2.24) is 0 Å². The maximum absolute atomic E-state index is 13.3. The van der Waals surface area contributed by atoms with E-state index < -0.39 is 17.8 Å². The van der Waals surface area contributed by atoms with Gasteiger partial charge in [0.2, 0.25) is 11.4 Å². The second-order valence-electron chi connectivity index (χ2n) is 6.27. The highest BCUT2D eigenvalue weighted by molar-refractivity contribution is 6.35. The Balaban J connectivity index is 2.18. The van der Waals surface area contributed by atoms with Crippen molar-refractivity contribution in [3.63, 3.8) is 0 Å². The summed E-state index contributed by atoms with van der Waals surface area (Å²) in [6.07, 6.45) is -0.362. The van der Waals surface area contributed by atoms with Crippen molar-refractivity contribution in [2.75, 3.05) is 21.3 Å². The summed E-state index contributed by atoms with van der Waals surface area (Å²) in [4.78, 5) is 13.3. The molecule has 4 atom stereocenters. The molecule has 132 valence electrons. The summed E-state index contributed by atoms with van der Waals surface area (Å²) in [6, 6.07) is 1.57. The molecule has 3 rings (SSSR count). The van der Waals surface area contributed by atoms with Crippen LogP contribution in [-0.2, 0) is 4.74 Å². The first-order valence-corrected chi connectivity index (χ1v) is 8.17. The largest absolute Gasteiger partial charge is 0.496 e. The number of rotatable bonds is 3. The quantitative estimate of drug-likeness (QED) is 0.896. The molecule has 1 heterocycles. The number of ketones is 1. The van der Waals surface area contributed by atoms with Gasteiger partial charge in [-0.3, -0.25) is 4.79 Å². The lowest BCUT2D eigenvalue weighted by Crippen LogP contribution is -2.61. The number of halogens is 1. The lowest BCUT2D eigenvalue weighted by atomic mass is 9.70. The van der Waals surface area contributed by atoms with Gasteiger partial charge in [0.15, 0.2) is 5.75 Å². The SMILES string of the molecule is COc1cc(OC)c2c(c1Cl)OC1(C2=O)C(C)CC(O)CC1OC. The van der Waals surface area contributed by atoms with E-state index in [4.69, 9.17) is 30.5 Å². The first-order chi connectivity index (χ1) is 11.4. The van der Waals surface area contributed by atoms with Crippen LogP contribution >= 0.6 is 11.6 Å². The van der Waals surface area contributed by atoms with Gasteiger partial charge in [-0.2, -0.15) is 0 Å². The van der Waals surface area contributed by atoms with E-state index >= 15 is 0 Å². The van der Waals surface area contributed by atoms with Crippen LogP contribution in [0.3, 0.4) is 0 Å². The summed E-state index contributed by atoms with van der Waals surface area (Å²) in [5, 5.41) is 10.3. The molecular weight excluding hydrogens is 336 g/mol. The first kappa shape index (κ1) is 17.3. The first-order valence-electron chi connectivity index (χ1n) is 7.79.